The molecule has 144 valence electrons. The van der Waals surface area contributed by atoms with E-state index in [0.29, 0.717) is 31.9 Å². The number of aryl methyl sites for hydroxylation is 2. The average molecular weight is 371 g/mol. The lowest BCUT2D eigenvalue weighted by Crippen LogP contribution is -2.35. The van der Waals surface area contributed by atoms with Gasteiger partial charge in [-0.1, -0.05) is 0 Å². The molecule has 0 N–H and O–H groups in total. The first kappa shape index (κ1) is 19.4. The summed E-state index contributed by atoms with van der Waals surface area (Å²) < 4.78 is 18.8. The maximum Gasteiger partial charge on any atom is 0.255 e. The number of carbonyl (C=O) groups excluding carboxylic acids is 1. The molecule has 1 fully saturated rings. The summed E-state index contributed by atoms with van der Waals surface area (Å²) in [7, 11) is 0. The number of aromatic nitrogens is 2. The van der Waals surface area contributed by atoms with Gasteiger partial charge in [-0.2, -0.15) is 0 Å². The second-order valence-electron chi connectivity index (χ2n) is 7.27. The van der Waals surface area contributed by atoms with Crippen molar-refractivity contribution < 1.29 is 13.9 Å². The highest BCUT2D eigenvalue weighted by molar-refractivity contribution is 5.94. The van der Waals surface area contributed by atoms with Crippen molar-refractivity contribution in [3.8, 4) is 0 Å². The third-order valence-electron chi connectivity index (χ3n) is 5.20. The van der Waals surface area contributed by atoms with Crippen LogP contribution in [0.2, 0.25) is 0 Å². The second kappa shape index (κ2) is 8.57. The third-order valence-corrected chi connectivity index (χ3v) is 5.20. The molecule has 0 radical (unpaired) electrons. The van der Waals surface area contributed by atoms with Crippen LogP contribution in [-0.4, -0.2) is 47.1 Å². The van der Waals surface area contributed by atoms with Crippen LogP contribution < -0.4 is 0 Å². The van der Waals surface area contributed by atoms with Crippen molar-refractivity contribution in [1.82, 2.24) is 14.9 Å². The van der Waals surface area contributed by atoms with E-state index in [9.17, 15) is 9.18 Å². The van der Waals surface area contributed by atoms with Gasteiger partial charge in [-0.3, -0.25) is 14.8 Å². The molecule has 5 nitrogen and oxygen atoms in total. The van der Waals surface area contributed by atoms with Gasteiger partial charge in [0, 0.05) is 42.7 Å². The number of likely N-dealkylation sites (tertiary alicyclic amines) is 1. The van der Waals surface area contributed by atoms with E-state index in [1.165, 1.54) is 12.3 Å². The maximum absolute atomic E-state index is 13.1. The number of amides is 1. The van der Waals surface area contributed by atoms with E-state index < -0.39 is 0 Å². The van der Waals surface area contributed by atoms with Crippen LogP contribution in [0.3, 0.4) is 0 Å². The van der Waals surface area contributed by atoms with Crippen LogP contribution in [0.25, 0.3) is 0 Å². The number of hydrogen-bond donors (Lipinski definition) is 0. The molecule has 3 heterocycles. The topological polar surface area (TPSA) is 55.3 Å². The molecule has 27 heavy (non-hydrogen) atoms. The molecule has 0 unspecified atom stereocenters. The zero-order valence-corrected chi connectivity index (χ0v) is 15.9. The number of ether oxygens (including phenoxy) is 1. The van der Waals surface area contributed by atoms with E-state index in [-0.39, 0.29) is 17.1 Å². The number of hydrogen-bond acceptors (Lipinski definition) is 4. The van der Waals surface area contributed by atoms with Gasteiger partial charge in [-0.25, -0.2) is 4.39 Å². The molecule has 0 aliphatic carbocycles. The van der Waals surface area contributed by atoms with Crippen LogP contribution in [0.1, 0.15) is 41.5 Å². The second-order valence-corrected chi connectivity index (χ2v) is 7.27. The molecular formula is C21H26FN3O2. The summed E-state index contributed by atoms with van der Waals surface area (Å²) in [6.07, 6.45) is 5.37. The highest BCUT2D eigenvalue weighted by Crippen LogP contribution is 2.36. The molecular weight excluding hydrogens is 345 g/mol. The number of halogens is 1. The molecule has 0 bridgehead atoms. The fourth-order valence-electron chi connectivity index (χ4n) is 3.55. The number of rotatable bonds is 7. The van der Waals surface area contributed by atoms with Crippen molar-refractivity contribution in [3.05, 3.63) is 59.4 Å². The lowest BCUT2D eigenvalue weighted by molar-refractivity contribution is 0.0464. The van der Waals surface area contributed by atoms with E-state index in [2.05, 4.69) is 9.97 Å². The zero-order chi connectivity index (χ0) is 19.3. The van der Waals surface area contributed by atoms with Crippen LogP contribution in [0.5, 0.6) is 0 Å². The Hall–Kier alpha value is -2.34. The summed E-state index contributed by atoms with van der Waals surface area (Å²) in [5.74, 6) is -0.312. The van der Waals surface area contributed by atoms with Crippen LogP contribution in [-0.2, 0) is 11.2 Å². The quantitative estimate of drug-likeness (QED) is 0.748. The summed E-state index contributed by atoms with van der Waals surface area (Å²) in [5, 5.41) is 0. The molecule has 3 rings (SSSR count). The Morgan fingerprint density at radius 2 is 2.11 bits per heavy atom. The molecule has 2 aromatic rings. The third kappa shape index (κ3) is 4.89. The predicted molar refractivity (Wildman–Crippen MR) is 101 cm³/mol. The molecule has 6 heteroatoms. The van der Waals surface area contributed by atoms with Crippen molar-refractivity contribution in [2.45, 2.75) is 33.1 Å². The van der Waals surface area contributed by atoms with Gasteiger partial charge in [-0.05, 0) is 57.4 Å². The van der Waals surface area contributed by atoms with Gasteiger partial charge < -0.3 is 9.64 Å². The minimum atomic E-state index is -0.327. The van der Waals surface area contributed by atoms with E-state index >= 15 is 0 Å². The molecule has 1 aliphatic rings. The summed E-state index contributed by atoms with van der Waals surface area (Å²) in [6.45, 7) is 6.50. The normalized spacial score (nSPS) is 19.4. The van der Waals surface area contributed by atoms with Crippen molar-refractivity contribution in [2.75, 3.05) is 26.3 Å². The largest absolute Gasteiger partial charge is 0.381 e. The van der Waals surface area contributed by atoms with Gasteiger partial charge in [0.15, 0.2) is 0 Å². The lowest BCUT2D eigenvalue weighted by Gasteiger charge is -2.29. The molecule has 1 atom stereocenters. The summed E-state index contributed by atoms with van der Waals surface area (Å²) >= 11 is 0. The maximum atomic E-state index is 13.1. The minimum absolute atomic E-state index is 0.0146. The summed E-state index contributed by atoms with van der Waals surface area (Å²) in [4.78, 5) is 23.1. The lowest BCUT2D eigenvalue weighted by atomic mass is 9.82. The first-order valence-corrected chi connectivity index (χ1v) is 9.41. The SMILES string of the molecule is CCOC[C@@]1(CCc2ccc(F)cn2)CCN(C(=O)c2ccc(C)nc2)C1. The van der Waals surface area contributed by atoms with E-state index in [4.69, 9.17) is 4.74 Å². The fourth-order valence-corrected chi connectivity index (χ4v) is 3.55. The molecule has 1 aliphatic heterocycles. The van der Waals surface area contributed by atoms with Crippen LogP contribution in [0.15, 0.2) is 36.7 Å². The summed E-state index contributed by atoms with van der Waals surface area (Å²) in [5.41, 5.74) is 2.28. The van der Waals surface area contributed by atoms with Gasteiger partial charge >= 0.3 is 0 Å². The monoisotopic (exact) mass is 371 g/mol. The van der Waals surface area contributed by atoms with Crippen molar-refractivity contribution >= 4 is 5.91 Å². The molecule has 2 aromatic heterocycles. The first-order valence-electron chi connectivity index (χ1n) is 9.41. The van der Waals surface area contributed by atoms with Crippen LogP contribution in [0.4, 0.5) is 4.39 Å². The molecule has 0 spiro atoms. The Kier molecular flexibility index (Phi) is 6.16. The standard InChI is InChI=1S/C21H26FN3O2/c1-3-27-15-21(9-8-19-7-6-18(22)13-24-19)10-11-25(14-21)20(26)17-5-4-16(2)23-12-17/h4-7,12-13H,3,8-11,14-15H2,1-2H3/t21-/m0/s1. The Morgan fingerprint density at radius 1 is 1.26 bits per heavy atom. The number of nitrogens with zero attached hydrogens (tertiary/aromatic N) is 3. The van der Waals surface area contributed by atoms with Gasteiger partial charge in [-0.15, -0.1) is 0 Å². The van der Waals surface area contributed by atoms with Gasteiger partial charge in [0.25, 0.3) is 5.91 Å². The Labute approximate surface area is 159 Å². The molecule has 1 saturated heterocycles. The fraction of sp³-hybridized carbons (Fsp3) is 0.476. The smallest absolute Gasteiger partial charge is 0.255 e. The number of pyridine rings is 2. The van der Waals surface area contributed by atoms with E-state index in [1.54, 1.807) is 12.3 Å². The molecule has 0 aromatic carbocycles. The molecule has 1 amide bonds. The molecule has 0 saturated carbocycles. The van der Waals surface area contributed by atoms with Gasteiger partial charge in [0.1, 0.15) is 5.82 Å². The van der Waals surface area contributed by atoms with Crippen molar-refractivity contribution in [3.63, 3.8) is 0 Å². The first-order chi connectivity index (χ1) is 13.0. The Morgan fingerprint density at radius 3 is 2.78 bits per heavy atom. The summed E-state index contributed by atoms with van der Waals surface area (Å²) in [6, 6.07) is 6.85. The highest BCUT2D eigenvalue weighted by atomic mass is 19.1. The van der Waals surface area contributed by atoms with E-state index in [1.807, 2.05) is 30.9 Å². The van der Waals surface area contributed by atoms with Crippen molar-refractivity contribution in [2.24, 2.45) is 5.41 Å². The minimum Gasteiger partial charge on any atom is -0.381 e. The van der Waals surface area contributed by atoms with Crippen LogP contribution >= 0.6 is 0 Å². The highest BCUT2D eigenvalue weighted by Gasteiger charge is 2.40. The predicted octanol–water partition coefficient (Wildman–Crippen LogP) is 3.43. The number of carbonyl (C=O) groups is 1. The van der Waals surface area contributed by atoms with Crippen molar-refractivity contribution in [1.29, 1.82) is 0 Å². The van der Waals surface area contributed by atoms with Crippen LogP contribution in [0, 0.1) is 18.2 Å². The van der Waals surface area contributed by atoms with E-state index in [0.717, 1.165) is 30.7 Å². The Balaban J connectivity index is 1.68. The average Bonchev–Trinajstić information content (AvgIpc) is 3.11. The zero-order valence-electron chi connectivity index (χ0n) is 15.9. The van der Waals surface area contributed by atoms with Gasteiger partial charge in [0.05, 0.1) is 18.4 Å². The Bertz CT molecular complexity index is 764. The van der Waals surface area contributed by atoms with Gasteiger partial charge in [0.2, 0.25) is 0 Å².